The number of ether oxygens (including phenoxy) is 2. The molecular formula is C28H27N5O5. The minimum Gasteiger partial charge on any atom is -0.493 e. The van der Waals surface area contributed by atoms with Gasteiger partial charge in [-0.3, -0.25) is 19.1 Å². The van der Waals surface area contributed by atoms with Crippen molar-refractivity contribution in [3.8, 4) is 5.75 Å². The third-order valence-corrected chi connectivity index (χ3v) is 7.45. The van der Waals surface area contributed by atoms with Crippen LogP contribution < -0.4 is 20.7 Å². The van der Waals surface area contributed by atoms with Gasteiger partial charge in [-0.05, 0) is 54.3 Å². The number of hydrogen-bond donors (Lipinski definition) is 3. The van der Waals surface area contributed by atoms with Gasteiger partial charge in [-0.1, -0.05) is 18.2 Å². The molecule has 3 amide bonds. The molecule has 2 aromatic carbocycles. The monoisotopic (exact) mass is 513 g/mol. The molecule has 3 aliphatic heterocycles. The number of nitrogens with zero attached hydrogens (tertiary/aromatic N) is 2. The van der Waals surface area contributed by atoms with Gasteiger partial charge in [-0.25, -0.2) is 0 Å². The van der Waals surface area contributed by atoms with Crippen molar-refractivity contribution in [3.63, 3.8) is 0 Å². The van der Waals surface area contributed by atoms with Crippen molar-refractivity contribution in [2.75, 3.05) is 30.5 Å². The van der Waals surface area contributed by atoms with Crippen LogP contribution in [0.2, 0.25) is 0 Å². The highest BCUT2D eigenvalue weighted by Gasteiger charge is 2.47. The fourth-order valence-corrected chi connectivity index (χ4v) is 5.40. The predicted molar refractivity (Wildman–Crippen MR) is 140 cm³/mol. The molecule has 0 saturated carbocycles. The molecule has 3 N–H and O–H groups in total. The number of hydrogen-bond acceptors (Lipinski definition) is 6. The van der Waals surface area contributed by atoms with E-state index in [0.717, 1.165) is 22.4 Å². The highest BCUT2D eigenvalue weighted by Crippen LogP contribution is 2.45. The van der Waals surface area contributed by atoms with Crippen molar-refractivity contribution in [1.82, 2.24) is 15.1 Å². The van der Waals surface area contributed by atoms with E-state index < -0.39 is 17.2 Å². The van der Waals surface area contributed by atoms with Crippen molar-refractivity contribution < 1.29 is 23.9 Å². The Hall–Kier alpha value is -4.44. The molecule has 1 spiro atoms. The largest absolute Gasteiger partial charge is 0.493 e. The molecule has 0 radical (unpaired) electrons. The smallest absolute Gasteiger partial charge is 0.274 e. The number of rotatable bonds is 5. The zero-order valence-electron chi connectivity index (χ0n) is 20.9. The molecule has 1 saturated heterocycles. The van der Waals surface area contributed by atoms with E-state index in [4.69, 9.17) is 9.47 Å². The Labute approximate surface area is 219 Å². The van der Waals surface area contributed by atoms with Gasteiger partial charge in [-0.15, -0.1) is 0 Å². The van der Waals surface area contributed by atoms with Crippen LogP contribution in [0, 0.1) is 0 Å². The maximum Gasteiger partial charge on any atom is 0.274 e. The Bertz CT molecular complexity index is 1480. The van der Waals surface area contributed by atoms with Gasteiger partial charge in [-0.2, -0.15) is 5.10 Å². The summed E-state index contributed by atoms with van der Waals surface area (Å²) in [6.07, 6.45) is 5.13. The standard InChI is InChI=1S/C28H27N5O5/c1-33-23(7-11-29-33)26(35)31-22(15-17-3-2-4-24-19(17)8-12-38-24)25(34)30-18-5-6-20-21(16-18)32-27(36)28(20)9-13-37-14-10-28/h2-7,11,15-16H,8-10,12-14H2,1H3,(H,30,34)(H,31,35)(H,32,36). The first-order chi connectivity index (χ1) is 18.4. The molecule has 0 bridgehead atoms. The van der Waals surface area contributed by atoms with Gasteiger partial charge in [0.1, 0.15) is 17.1 Å². The predicted octanol–water partition coefficient (Wildman–Crippen LogP) is 2.76. The highest BCUT2D eigenvalue weighted by molar-refractivity contribution is 6.11. The average molecular weight is 514 g/mol. The molecule has 194 valence electrons. The fraction of sp³-hybridized carbons (Fsp3) is 0.286. The summed E-state index contributed by atoms with van der Waals surface area (Å²) in [6, 6.07) is 12.6. The maximum absolute atomic E-state index is 13.5. The number of carbonyl (C=O) groups excluding carboxylic acids is 3. The van der Waals surface area contributed by atoms with E-state index in [1.165, 1.54) is 10.9 Å². The van der Waals surface area contributed by atoms with Crippen molar-refractivity contribution >= 4 is 35.2 Å². The molecule has 4 heterocycles. The van der Waals surface area contributed by atoms with Gasteiger partial charge >= 0.3 is 0 Å². The lowest BCUT2D eigenvalue weighted by Gasteiger charge is -2.31. The minimum absolute atomic E-state index is 0.0385. The van der Waals surface area contributed by atoms with Crippen LogP contribution in [0.4, 0.5) is 11.4 Å². The number of anilines is 2. The number of carbonyl (C=O) groups is 3. The second-order valence-electron chi connectivity index (χ2n) is 9.64. The van der Waals surface area contributed by atoms with Crippen molar-refractivity contribution in [2.45, 2.75) is 24.7 Å². The van der Waals surface area contributed by atoms with Crippen molar-refractivity contribution in [2.24, 2.45) is 7.05 Å². The first-order valence-electron chi connectivity index (χ1n) is 12.6. The number of fused-ring (bicyclic) bond motifs is 3. The Morgan fingerprint density at radius 3 is 2.76 bits per heavy atom. The van der Waals surface area contributed by atoms with Gasteiger partial charge in [0.15, 0.2) is 0 Å². The number of aromatic nitrogens is 2. The maximum atomic E-state index is 13.5. The number of amides is 3. The summed E-state index contributed by atoms with van der Waals surface area (Å²) in [4.78, 5) is 39.4. The fourth-order valence-electron chi connectivity index (χ4n) is 5.40. The lowest BCUT2D eigenvalue weighted by atomic mass is 9.75. The number of benzene rings is 2. The van der Waals surface area contributed by atoms with E-state index >= 15 is 0 Å². The molecule has 0 atom stereocenters. The Morgan fingerprint density at radius 2 is 1.97 bits per heavy atom. The summed E-state index contributed by atoms with van der Waals surface area (Å²) in [6.45, 7) is 1.63. The summed E-state index contributed by atoms with van der Waals surface area (Å²) in [5.74, 6) is -0.226. The third kappa shape index (κ3) is 4.12. The molecule has 0 aliphatic carbocycles. The van der Waals surface area contributed by atoms with Crippen molar-refractivity contribution in [3.05, 3.63) is 76.7 Å². The van der Waals surface area contributed by atoms with Gasteiger partial charge in [0, 0.05) is 49.8 Å². The second kappa shape index (κ2) is 9.46. The highest BCUT2D eigenvalue weighted by atomic mass is 16.5. The van der Waals surface area contributed by atoms with E-state index in [0.29, 0.717) is 56.2 Å². The summed E-state index contributed by atoms with van der Waals surface area (Å²) in [7, 11) is 1.66. The summed E-state index contributed by atoms with van der Waals surface area (Å²) < 4.78 is 12.6. The lowest BCUT2D eigenvalue weighted by molar-refractivity contribution is -0.124. The van der Waals surface area contributed by atoms with Gasteiger partial charge in [0.25, 0.3) is 11.8 Å². The Morgan fingerprint density at radius 1 is 1.13 bits per heavy atom. The number of aryl methyl sites for hydroxylation is 1. The van der Waals surface area contributed by atoms with E-state index in [9.17, 15) is 14.4 Å². The number of nitrogens with one attached hydrogen (secondary N) is 3. The van der Waals surface area contributed by atoms with Crippen LogP contribution in [0.3, 0.4) is 0 Å². The van der Waals surface area contributed by atoms with Crippen LogP contribution in [0.15, 0.2) is 54.4 Å². The summed E-state index contributed by atoms with van der Waals surface area (Å²) in [5.41, 5.74) is 3.66. The molecule has 3 aliphatic rings. The molecule has 0 unspecified atom stereocenters. The van der Waals surface area contributed by atoms with Gasteiger partial charge < -0.3 is 25.4 Å². The molecule has 10 heteroatoms. The molecular weight excluding hydrogens is 486 g/mol. The van der Waals surface area contributed by atoms with E-state index in [2.05, 4.69) is 21.0 Å². The molecule has 10 nitrogen and oxygen atoms in total. The Kier molecular flexibility index (Phi) is 5.96. The topological polar surface area (TPSA) is 124 Å². The van der Waals surface area contributed by atoms with Crippen LogP contribution in [0.1, 0.15) is 40.0 Å². The zero-order chi connectivity index (χ0) is 26.3. The summed E-state index contributed by atoms with van der Waals surface area (Å²) >= 11 is 0. The van der Waals surface area contributed by atoms with Crippen LogP contribution in [0.25, 0.3) is 6.08 Å². The van der Waals surface area contributed by atoms with E-state index in [-0.39, 0.29) is 11.6 Å². The van der Waals surface area contributed by atoms with E-state index in [1.54, 1.807) is 31.3 Å². The SMILES string of the molecule is Cn1nccc1C(=O)NC(=Cc1cccc2c1CCO2)C(=O)Nc1ccc2c(c1)NC(=O)C21CCOCC1. The molecule has 38 heavy (non-hydrogen) atoms. The van der Waals surface area contributed by atoms with Crippen LogP contribution in [-0.4, -0.2) is 47.3 Å². The molecule has 3 aromatic rings. The van der Waals surface area contributed by atoms with Crippen LogP contribution >= 0.6 is 0 Å². The quantitative estimate of drug-likeness (QED) is 0.451. The van der Waals surface area contributed by atoms with Crippen molar-refractivity contribution in [1.29, 1.82) is 0 Å². The van der Waals surface area contributed by atoms with Gasteiger partial charge in [0.05, 0.1) is 12.0 Å². The minimum atomic E-state index is -0.589. The Balaban J connectivity index is 1.30. The van der Waals surface area contributed by atoms with Crippen LogP contribution in [0.5, 0.6) is 5.75 Å². The first kappa shape index (κ1) is 23.9. The second-order valence-corrected chi connectivity index (χ2v) is 9.64. The average Bonchev–Trinajstić information content (AvgIpc) is 3.63. The molecule has 1 fully saturated rings. The summed E-state index contributed by atoms with van der Waals surface area (Å²) in [5, 5.41) is 12.6. The van der Waals surface area contributed by atoms with Gasteiger partial charge in [0.2, 0.25) is 5.91 Å². The van der Waals surface area contributed by atoms with E-state index in [1.807, 2.05) is 24.3 Å². The van der Waals surface area contributed by atoms with Crippen LogP contribution in [-0.2, 0) is 33.2 Å². The zero-order valence-corrected chi connectivity index (χ0v) is 20.9. The molecule has 1 aromatic heterocycles. The molecule has 6 rings (SSSR count). The third-order valence-electron chi connectivity index (χ3n) is 7.45. The lowest BCUT2D eigenvalue weighted by Crippen LogP contribution is -2.39. The normalized spacial score (nSPS) is 17.4. The first-order valence-corrected chi connectivity index (χ1v) is 12.6.